The second-order valence-corrected chi connectivity index (χ2v) is 8.72. The maximum atomic E-state index is 12.6. The summed E-state index contributed by atoms with van der Waals surface area (Å²) in [5.41, 5.74) is 6.90. The van der Waals surface area contributed by atoms with Crippen LogP contribution in [-0.2, 0) is 31.7 Å². The second-order valence-electron chi connectivity index (χ2n) is 7.56. The van der Waals surface area contributed by atoms with Gasteiger partial charge in [-0.05, 0) is 48.7 Å². The summed E-state index contributed by atoms with van der Waals surface area (Å²) in [7, 11) is -4.89. The summed E-state index contributed by atoms with van der Waals surface area (Å²) in [6.45, 7) is 1.34. The van der Waals surface area contributed by atoms with Crippen LogP contribution in [0.15, 0.2) is 36.4 Å². The Labute approximate surface area is 199 Å². The molecule has 0 saturated carbocycles. The van der Waals surface area contributed by atoms with Crippen molar-refractivity contribution in [2.24, 2.45) is 5.73 Å². The fourth-order valence-corrected chi connectivity index (χ4v) is 3.67. The van der Waals surface area contributed by atoms with Crippen LogP contribution < -0.4 is 25.0 Å². The molecule has 0 aromatic heterocycles. The molecule has 1 aliphatic rings. The Hall–Kier alpha value is -3.35. The van der Waals surface area contributed by atoms with Crippen molar-refractivity contribution in [2.45, 2.75) is 38.3 Å². The number of ether oxygens (including phenoxy) is 3. The number of phosphoric acid groups is 1. The molecule has 1 amide bonds. The number of phenols is 1. The van der Waals surface area contributed by atoms with Crippen LogP contribution in [0, 0.1) is 0 Å². The van der Waals surface area contributed by atoms with Gasteiger partial charge in [0.15, 0.2) is 23.0 Å². The molecule has 0 radical (unpaired) electrons. The van der Waals surface area contributed by atoms with Crippen LogP contribution in [-0.4, -0.2) is 57.0 Å². The van der Waals surface area contributed by atoms with Crippen LogP contribution in [0.25, 0.3) is 0 Å². The van der Waals surface area contributed by atoms with Crippen molar-refractivity contribution < 1.29 is 52.9 Å². The minimum absolute atomic E-state index is 0.0866. The van der Waals surface area contributed by atoms with E-state index in [1.165, 1.54) is 6.07 Å². The number of hydrogen-bond acceptors (Lipinski definition) is 9. The minimum atomic E-state index is -4.89. The molecule has 1 unspecified atom stereocenters. The first-order chi connectivity index (χ1) is 16.4. The van der Waals surface area contributed by atoms with Crippen molar-refractivity contribution in [3.8, 4) is 23.0 Å². The smallest absolute Gasteiger partial charge is 0.504 e. The average Bonchev–Trinajstić information content (AvgIpc) is 3.16. The van der Waals surface area contributed by atoms with Gasteiger partial charge in [-0.25, -0.2) is 9.36 Å². The standard InChI is InChI=1S/C21H25N2O11P/c1-2-31-21-32-17-6-4-11(10-18(17)33-21)7-13(22)19(25)23-14(20(26)27)8-12-3-5-16(15(24)9-12)34-35(28,29)30/h3-6,9-10,13-14,21,24H,2,7-8,22H2,1H3,(H,23,25)(H,26,27)(H2,28,29,30)/t13-,14-,21?/m0/s1. The number of nitrogens with two attached hydrogens (primary N) is 1. The maximum Gasteiger partial charge on any atom is 0.524 e. The van der Waals surface area contributed by atoms with E-state index in [9.17, 15) is 24.4 Å². The zero-order valence-corrected chi connectivity index (χ0v) is 19.4. The number of rotatable bonds is 11. The third kappa shape index (κ3) is 7.31. The highest BCUT2D eigenvalue weighted by Crippen LogP contribution is 2.41. The summed E-state index contributed by atoms with van der Waals surface area (Å²) >= 11 is 0. The number of benzene rings is 2. The van der Waals surface area contributed by atoms with E-state index in [0.29, 0.717) is 23.7 Å². The summed E-state index contributed by atoms with van der Waals surface area (Å²) in [6, 6.07) is 6.00. The van der Waals surface area contributed by atoms with Crippen molar-refractivity contribution in [1.29, 1.82) is 0 Å². The number of carboxylic acid groups (broad SMARTS) is 1. The molecule has 14 heteroatoms. The molecule has 3 rings (SSSR count). The normalized spacial score (nSPS) is 16.4. The fourth-order valence-electron chi connectivity index (χ4n) is 3.26. The van der Waals surface area contributed by atoms with Gasteiger partial charge >= 0.3 is 20.3 Å². The third-order valence-electron chi connectivity index (χ3n) is 4.84. The fraction of sp³-hybridized carbons (Fsp3) is 0.333. The van der Waals surface area contributed by atoms with Gasteiger partial charge in [0.1, 0.15) is 6.04 Å². The Morgan fingerprint density at radius 3 is 2.40 bits per heavy atom. The Balaban J connectivity index is 1.61. The molecule has 3 atom stereocenters. The number of carboxylic acids is 1. The molecule has 0 fully saturated rings. The quantitative estimate of drug-likeness (QED) is 0.229. The van der Waals surface area contributed by atoms with Crippen molar-refractivity contribution in [2.75, 3.05) is 6.61 Å². The van der Waals surface area contributed by atoms with E-state index in [1.807, 2.05) is 0 Å². The van der Waals surface area contributed by atoms with E-state index in [0.717, 1.165) is 12.1 Å². The molecular formula is C21H25N2O11P. The van der Waals surface area contributed by atoms with Crippen LogP contribution in [0.3, 0.4) is 0 Å². The number of fused-ring (bicyclic) bond motifs is 1. The maximum absolute atomic E-state index is 12.6. The number of aliphatic carboxylic acids is 1. The van der Waals surface area contributed by atoms with Crippen molar-refractivity contribution in [1.82, 2.24) is 5.32 Å². The van der Waals surface area contributed by atoms with Crippen molar-refractivity contribution >= 4 is 19.7 Å². The van der Waals surface area contributed by atoms with Gasteiger partial charge in [-0.1, -0.05) is 12.1 Å². The Kier molecular flexibility index (Phi) is 8.20. The Morgan fingerprint density at radius 2 is 1.77 bits per heavy atom. The lowest BCUT2D eigenvalue weighted by Crippen LogP contribution is -2.50. The molecule has 0 saturated heterocycles. The van der Waals surface area contributed by atoms with Crippen LogP contribution in [0.2, 0.25) is 0 Å². The van der Waals surface area contributed by atoms with Gasteiger partial charge in [-0.3, -0.25) is 14.6 Å². The number of aromatic hydroxyl groups is 1. The predicted molar refractivity (Wildman–Crippen MR) is 119 cm³/mol. The van der Waals surface area contributed by atoms with E-state index in [-0.39, 0.29) is 18.4 Å². The number of phosphoric ester groups is 1. The van der Waals surface area contributed by atoms with Gasteiger partial charge in [0, 0.05) is 6.42 Å². The van der Waals surface area contributed by atoms with Crippen molar-refractivity contribution in [3.05, 3.63) is 47.5 Å². The first-order valence-electron chi connectivity index (χ1n) is 10.4. The molecule has 0 spiro atoms. The first kappa shape index (κ1) is 26.3. The lowest BCUT2D eigenvalue weighted by atomic mass is 10.0. The van der Waals surface area contributed by atoms with E-state index in [4.69, 9.17) is 29.7 Å². The molecule has 2 aromatic rings. The molecular weight excluding hydrogens is 487 g/mol. The van der Waals surface area contributed by atoms with Crippen molar-refractivity contribution in [3.63, 3.8) is 0 Å². The Bertz CT molecular complexity index is 1140. The number of carbonyl (C=O) groups is 2. The Morgan fingerprint density at radius 1 is 1.11 bits per heavy atom. The summed E-state index contributed by atoms with van der Waals surface area (Å²) in [5.74, 6) is -2.22. The SMILES string of the molecule is CCOC1Oc2ccc(C[C@H](N)C(=O)N[C@@H](Cc3ccc(OP(=O)(O)O)c(O)c3)C(=O)O)cc2O1. The van der Waals surface area contributed by atoms with Crippen LogP contribution in [0.5, 0.6) is 23.0 Å². The molecule has 7 N–H and O–H groups in total. The number of phenolic OH excluding ortho intramolecular Hbond substituents is 1. The zero-order valence-electron chi connectivity index (χ0n) is 18.5. The minimum Gasteiger partial charge on any atom is -0.504 e. The number of amides is 1. The van der Waals surface area contributed by atoms with Gasteiger partial charge in [0.2, 0.25) is 5.91 Å². The summed E-state index contributed by atoms with van der Waals surface area (Å²) < 4.78 is 31.4. The number of nitrogens with one attached hydrogen (secondary N) is 1. The van der Waals surface area contributed by atoms with E-state index < -0.39 is 49.8 Å². The summed E-state index contributed by atoms with van der Waals surface area (Å²) in [6.07, 6.45) is -0.149. The summed E-state index contributed by atoms with van der Waals surface area (Å²) in [5, 5.41) is 21.8. The third-order valence-corrected chi connectivity index (χ3v) is 5.28. The largest absolute Gasteiger partial charge is 0.524 e. The van der Waals surface area contributed by atoms with Crippen LogP contribution in [0.1, 0.15) is 18.1 Å². The summed E-state index contributed by atoms with van der Waals surface area (Å²) in [4.78, 5) is 41.9. The number of hydrogen-bond donors (Lipinski definition) is 6. The highest BCUT2D eigenvalue weighted by molar-refractivity contribution is 7.46. The molecule has 13 nitrogen and oxygen atoms in total. The monoisotopic (exact) mass is 512 g/mol. The van der Waals surface area contributed by atoms with E-state index in [2.05, 4.69) is 9.84 Å². The second kappa shape index (κ2) is 10.9. The topological polar surface area (TPSA) is 207 Å². The molecule has 0 bridgehead atoms. The molecule has 0 aliphatic carbocycles. The van der Waals surface area contributed by atoms with E-state index >= 15 is 0 Å². The predicted octanol–water partition coefficient (Wildman–Crippen LogP) is 0.637. The highest BCUT2D eigenvalue weighted by Gasteiger charge is 2.27. The van der Waals surface area contributed by atoms with Gasteiger partial charge in [-0.2, -0.15) is 0 Å². The highest BCUT2D eigenvalue weighted by atomic mass is 31.2. The number of carbonyl (C=O) groups excluding carboxylic acids is 1. The lowest BCUT2D eigenvalue weighted by Gasteiger charge is -2.18. The molecule has 190 valence electrons. The van der Waals surface area contributed by atoms with Gasteiger partial charge in [0.25, 0.3) is 0 Å². The molecule has 2 aromatic carbocycles. The van der Waals surface area contributed by atoms with Crippen LogP contribution >= 0.6 is 7.82 Å². The van der Waals surface area contributed by atoms with E-state index in [1.54, 1.807) is 25.1 Å². The van der Waals surface area contributed by atoms with Gasteiger partial charge < -0.3 is 40.0 Å². The molecule has 1 aliphatic heterocycles. The van der Waals surface area contributed by atoms with Crippen LogP contribution in [0.4, 0.5) is 0 Å². The first-order valence-corrected chi connectivity index (χ1v) is 11.9. The lowest BCUT2D eigenvalue weighted by molar-refractivity contribution is -0.173. The zero-order chi connectivity index (χ0) is 25.8. The van der Waals surface area contributed by atoms with Gasteiger partial charge in [0.05, 0.1) is 12.6 Å². The van der Waals surface area contributed by atoms with Gasteiger partial charge in [-0.15, -0.1) is 0 Å². The average molecular weight is 512 g/mol. The molecule has 35 heavy (non-hydrogen) atoms. The molecule has 1 heterocycles.